The number of aromatic nitrogens is 3. The van der Waals surface area contributed by atoms with E-state index in [0.29, 0.717) is 29.8 Å². The third-order valence-electron chi connectivity index (χ3n) is 5.30. The molecule has 186 valence electrons. The lowest BCUT2D eigenvalue weighted by Crippen LogP contribution is -2.24. The Bertz CT molecular complexity index is 1540. The Balaban J connectivity index is 1.90. The van der Waals surface area contributed by atoms with Gasteiger partial charge in [-0.25, -0.2) is 26.4 Å². The molecule has 0 bridgehead atoms. The van der Waals surface area contributed by atoms with Crippen LogP contribution >= 0.6 is 0 Å². The lowest BCUT2D eigenvalue weighted by atomic mass is 10.0. The van der Waals surface area contributed by atoms with Crippen LogP contribution in [0.3, 0.4) is 0 Å². The van der Waals surface area contributed by atoms with Crippen LogP contribution in [0.5, 0.6) is 0 Å². The smallest absolute Gasteiger partial charge is 0.406 e. The van der Waals surface area contributed by atoms with Crippen LogP contribution in [0.1, 0.15) is 17.9 Å². The Kier molecular flexibility index (Phi) is 6.80. The fourth-order valence-electron chi connectivity index (χ4n) is 3.62. The highest BCUT2D eigenvalue weighted by molar-refractivity contribution is 7.91. The van der Waals surface area contributed by atoms with Crippen LogP contribution in [0.15, 0.2) is 72.0 Å². The van der Waals surface area contributed by atoms with Crippen molar-refractivity contribution < 1.29 is 31.1 Å². The fraction of sp³-hybridized carbons (Fsp3) is 0.125. The SMILES string of the molecule is CCn1cc(-c2ccncc2)c(-c2cc(C(OC(N)=O)S(=O)(=O)c3cc(F)ccc3F)ccc2F)n1. The van der Waals surface area contributed by atoms with E-state index >= 15 is 4.39 Å². The van der Waals surface area contributed by atoms with Gasteiger partial charge >= 0.3 is 6.09 Å². The standard InChI is InChI=1S/C24H19F3N4O4S/c1-2-31-13-18(14-7-9-29-10-8-14)22(30-31)17-11-15(3-5-19(17)26)23(35-24(28)32)36(33,34)21-12-16(25)4-6-20(21)27/h3-13,23H,2H2,1H3,(H2,28,32). The van der Waals surface area contributed by atoms with Gasteiger partial charge in [0.1, 0.15) is 28.0 Å². The molecule has 0 fully saturated rings. The maximum absolute atomic E-state index is 15.1. The number of nitrogens with two attached hydrogens (primary N) is 1. The average Bonchev–Trinajstić information content (AvgIpc) is 3.29. The van der Waals surface area contributed by atoms with E-state index in [-0.39, 0.29) is 16.8 Å². The van der Waals surface area contributed by atoms with Gasteiger partial charge in [0.2, 0.25) is 15.3 Å². The molecule has 8 nitrogen and oxygen atoms in total. The molecule has 2 aromatic heterocycles. The summed E-state index contributed by atoms with van der Waals surface area (Å²) in [4.78, 5) is 14.5. The van der Waals surface area contributed by atoms with Gasteiger partial charge in [-0.15, -0.1) is 0 Å². The molecular formula is C24H19F3N4O4S. The molecule has 1 unspecified atom stereocenters. The van der Waals surface area contributed by atoms with E-state index in [9.17, 15) is 22.0 Å². The molecule has 0 saturated heterocycles. The number of rotatable bonds is 7. The maximum atomic E-state index is 15.1. The van der Waals surface area contributed by atoms with E-state index in [1.54, 1.807) is 35.4 Å². The van der Waals surface area contributed by atoms with E-state index in [2.05, 4.69) is 10.1 Å². The molecule has 2 heterocycles. The molecule has 0 spiro atoms. The minimum Gasteiger partial charge on any atom is -0.425 e. The Labute approximate surface area is 204 Å². The molecular weight excluding hydrogens is 497 g/mol. The van der Waals surface area contributed by atoms with Gasteiger partial charge in [0.05, 0.1) is 0 Å². The number of carbonyl (C=O) groups is 1. The lowest BCUT2D eigenvalue weighted by molar-refractivity contribution is 0.141. The highest BCUT2D eigenvalue weighted by atomic mass is 32.2. The van der Waals surface area contributed by atoms with Crippen molar-refractivity contribution in [2.24, 2.45) is 5.73 Å². The summed E-state index contributed by atoms with van der Waals surface area (Å²) in [6.07, 6.45) is 3.30. The quantitative estimate of drug-likeness (QED) is 0.383. The number of sulfone groups is 1. The molecule has 0 saturated carbocycles. The number of primary amides is 1. The van der Waals surface area contributed by atoms with Crippen molar-refractivity contribution in [3.05, 3.63) is 90.1 Å². The first-order valence-corrected chi connectivity index (χ1v) is 12.1. The summed E-state index contributed by atoms with van der Waals surface area (Å²) in [7, 11) is -4.87. The largest absolute Gasteiger partial charge is 0.425 e. The first kappa shape index (κ1) is 24.9. The molecule has 1 amide bonds. The summed E-state index contributed by atoms with van der Waals surface area (Å²) in [5.74, 6) is -3.04. The summed E-state index contributed by atoms with van der Waals surface area (Å²) >= 11 is 0. The van der Waals surface area contributed by atoms with Crippen LogP contribution in [-0.2, 0) is 21.1 Å². The molecule has 0 aliphatic carbocycles. The number of aryl methyl sites for hydroxylation is 1. The van der Waals surface area contributed by atoms with E-state index in [1.165, 1.54) is 0 Å². The summed E-state index contributed by atoms with van der Waals surface area (Å²) in [6.45, 7) is 2.29. The summed E-state index contributed by atoms with van der Waals surface area (Å²) in [5, 5.41) is 4.41. The zero-order chi connectivity index (χ0) is 26.0. The number of hydrogen-bond acceptors (Lipinski definition) is 6. The molecule has 4 aromatic rings. The van der Waals surface area contributed by atoms with Gasteiger partial charge in [0.15, 0.2) is 0 Å². The van der Waals surface area contributed by atoms with Crippen molar-refractivity contribution in [2.75, 3.05) is 0 Å². The molecule has 4 rings (SSSR count). The number of carbonyl (C=O) groups excluding carboxylic acids is 1. The Morgan fingerprint density at radius 1 is 1.03 bits per heavy atom. The average molecular weight is 517 g/mol. The molecule has 12 heteroatoms. The first-order chi connectivity index (χ1) is 17.1. The van der Waals surface area contributed by atoms with Crippen LogP contribution < -0.4 is 5.73 Å². The number of ether oxygens (including phenoxy) is 1. The normalized spacial score (nSPS) is 12.3. The molecule has 2 N–H and O–H groups in total. The molecule has 1 atom stereocenters. The van der Waals surface area contributed by atoms with Crippen LogP contribution in [0, 0.1) is 17.5 Å². The van der Waals surface area contributed by atoms with Gasteiger partial charge in [0.25, 0.3) is 0 Å². The minimum atomic E-state index is -4.87. The predicted molar refractivity (Wildman–Crippen MR) is 123 cm³/mol. The van der Waals surface area contributed by atoms with Crippen LogP contribution in [-0.4, -0.2) is 29.3 Å². The number of pyridine rings is 1. The van der Waals surface area contributed by atoms with Gasteiger partial charge in [-0.3, -0.25) is 9.67 Å². The molecule has 0 aliphatic heterocycles. The Morgan fingerprint density at radius 2 is 1.72 bits per heavy atom. The summed E-state index contributed by atoms with van der Waals surface area (Å²) in [6, 6.07) is 8.32. The number of benzene rings is 2. The molecule has 0 aliphatic rings. The van der Waals surface area contributed by atoms with Crippen LogP contribution in [0.4, 0.5) is 18.0 Å². The van der Waals surface area contributed by atoms with Gasteiger partial charge in [-0.1, -0.05) is 6.07 Å². The minimum absolute atomic E-state index is 0.112. The van der Waals surface area contributed by atoms with E-state index in [0.717, 1.165) is 24.3 Å². The van der Waals surface area contributed by atoms with Crippen LogP contribution in [0.25, 0.3) is 22.4 Å². The first-order valence-electron chi connectivity index (χ1n) is 10.5. The second-order valence-electron chi connectivity index (χ2n) is 7.61. The van der Waals surface area contributed by atoms with Crippen molar-refractivity contribution in [1.82, 2.24) is 14.8 Å². The number of nitrogens with zero attached hydrogens (tertiary/aromatic N) is 3. The van der Waals surface area contributed by atoms with Crippen LogP contribution in [0.2, 0.25) is 0 Å². The molecule has 0 radical (unpaired) electrons. The zero-order valence-electron chi connectivity index (χ0n) is 18.7. The monoisotopic (exact) mass is 516 g/mol. The second-order valence-corrected chi connectivity index (χ2v) is 9.57. The second kappa shape index (κ2) is 9.82. The van der Waals surface area contributed by atoms with Crippen molar-refractivity contribution in [3.8, 4) is 22.4 Å². The van der Waals surface area contributed by atoms with E-state index in [1.807, 2.05) is 6.92 Å². The van der Waals surface area contributed by atoms with Gasteiger partial charge < -0.3 is 10.5 Å². The van der Waals surface area contributed by atoms with Crippen molar-refractivity contribution >= 4 is 15.9 Å². The van der Waals surface area contributed by atoms with Crippen molar-refractivity contribution in [1.29, 1.82) is 0 Å². The van der Waals surface area contributed by atoms with E-state index < -0.39 is 43.7 Å². The van der Waals surface area contributed by atoms with E-state index in [4.69, 9.17) is 10.5 Å². The summed E-state index contributed by atoms with van der Waals surface area (Å²) in [5.41, 5.74) is 3.91. The third kappa shape index (κ3) is 4.80. The molecule has 2 aromatic carbocycles. The lowest BCUT2D eigenvalue weighted by Gasteiger charge is -2.19. The van der Waals surface area contributed by atoms with Crippen molar-refractivity contribution in [3.63, 3.8) is 0 Å². The predicted octanol–water partition coefficient (Wildman–Crippen LogP) is 4.62. The highest BCUT2D eigenvalue weighted by Gasteiger charge is 2.35. The number of hydrogen-bond donors (Lipinski definition) is 1. The van der Waals surface area contributed by atoms with Gasteiger partial charge in [-0.2, -0.15) is 5.10 Å². The number of halogens is 3. The highest BCUT2D eigenvalue weighted by Crippen LogP contribution is 2.37. The Hall–Kier alpha value is -4.19. The topological polar surface area (TPSA) is 117 Å². The van der Waals surface area contributed by atoms with Crippen molar-refractivity contribution in [2.45, 2.75) is 23.8 Å². The zero-order valence-corrected chi connectivity index (χ0v) is 19.5. The Morgan fingerprint density at radius 3 is 2.39 bits per heavy atom. The van der Waals surface area contributed by atoms with Gasteiger partial charge in [-0.05, 0) is 55.0 Å². The van der Waals surface area contributed by atoms with Gasteiger partial charge in [0, 0.05) is 41.8 Å². The molecule has 36 heavy (non-hydrogen) atoms. The fourth-order valence-corrected chi connectivity index (χ4v) is 5.20. The third-order valence-corrected chi connectivity index (χ3v) is 7.16. The number of amides is 1. The maximum Gasteiger partial charge on any atom is 0.406 e. The summed E-state index contributed by atoms with van der Waals surface area (Å²) < 4.78 is 76.1.